The van der Waals surface area contributed by atoms with Crippen LogP contribution < -0.4 is 5.32 Å². The Kier molecular flexibility index (Phi) is 6.00. The van der Waals surface area contributed by atoms with Gasteiger partial charge in [-0.1, -0.05) is 54.6 Å². The van der Waals surface area contributed by atoms with Gasteiger partial charge in [0.15, 0.2) is 0 Å². The van der Waals surface area contributed by atoms with Crippen LogP contribution >= 0.6 is 0 Å². The Hall–Kier alpha value is -3.49. The molecule has 5 rings (SSSR count). The van der Waals surface area contributed by atoms with Gasteiger partial charge in [0.2, 0.25) is 0 Å². The predicted molar refractivity (Wildman–Crippen MR) is 128 cm³/mol. The van der Waals surface area contributed by atoms with E-state index in [1.807, 2.05) is 36.4 Å². The molecule has 2 amide bonds. The van der Waals surface area contributed by atoms with Crippen LogP contribution in [0.4, 0.5) is 36.8 Å². The standard InChI is InChI=1S/C28H24F6N2O/c29-27(30,31)18-26(21-9-4-8-20(16-21)19-6-2-1-3-7-19)25(12-13-25)14-15-36(26)24(37)35-23-11-5-10-22(17-23)28(32,33)34/h1-11,16-17H,12-15,18H2,(H,35,37)/t26-/m1/s1. The Labute approximate surface area is 210 Å². The summed E-state index contributed by atoms with van der Waals surface area (Å²) in [4.78, 5) is 14.7. The maximum atomic E-state index is 14.2. The number of likely N-dealkylation sites (tertiary alicyclic amines) is 1. The van der Waals surface area contributed by atoms with Crippen LogP contribution in [0, 0.1) is 5.41 Å². The van der Waals surface area contributed by atoms with E-state index < -0.39 is 41.3 Å². The molecule has 3 aromatic carbocycles. The number of nitrogens with zero attached hydrogens (tertiary/aromatic N) is 1. The first-order chi connectivity index (χ1) is 17.4. The largest absolute Gasteiger partial charge is 0.416 e. The van der Waals surface area contributed by atoms with E-state index in [1.165, 1.54) is 11.0 Å². The van der Waals surface area contributed by atoms with E-state index in [4.69, 9.17) is 0 Å². The van der Waals surface area contributed by atoms with Crippen LogP contribution in [0.15, 0.2) is 78.9 Å². The fourth-order valence-electron chi connectivity index (χ4n) is 5.79. The lowest BCUT2D eigenvalue weighted by molar-refractivity contribution is -0.164. The van der Waals surface area contributed by atoms with Gasteiger partial charge in [-0.2, -0.15) is 26.3 Å². The van der Waals surface area contributed by atoms with E-state index in [0.29, 0.717) is 24.8 Å². The van der Waals surface area contributed by atoms with Gasteiger partial charge in [-0.15, -0.1) is 0 Å². The Morgan fingerprint density at radius 1 is 0.811 bits per heavy atom. The monoisotopic (exact) mass is 518 g/mol. The lowest BCUT2D eigenvalue weighted by atomic mass is 9.73. The number of urea groups is 1. The second-order valence-corrected chi connectivity index (χ2v) is 9.79. The number of amides is 2. The van der Waals surface area contributed by atoms with Crippen molar-refractivity contribution in [2.45, 2.75) is 43.6 Å². The first kappa shape index (κ1) is 25.2. The summed E-state index contributed by atoms with van der Waals surface area (Å²) in [5, 5.41) is 2.44. The smallest absolute Gasteiger partial charge is 0.314 e. The number of anilines is 1. The van der Waals surface area contributed by atoms with Crippen LogP contribution in [-0.4, -0.2) is 23.7 Å². The Morgan fingerprint density at radius 2 is 1.49 bits per heavy atom. The average Bonchev–Trinajstić information content (AvgIpc) is 3.57. The topological polar surface area (TPSA) is 32.3 Å². The van der Waals surface area contributed by atoms with Gasteiger partial charge < -0.3 is 10.2 Å². The maximum Gasteiger partial charge on any atom is 0.416 e. The molecule has 0 bridgehead atoms. The summed E-state index contributed by atoms with van der Waals surface area (Å²) >= 11 is 0. The SMILES string of the molecule is O=C(Nc1cccc(C(F)(F)F)c1)N1CCC2(CC2)[C@@]1(CC(F)(F)F)c1cccc(-c2ccccc2)c1. The number of hydrogen-bond donors (Lipinski definition) is 1. The fraction of sp³-hybridized carbons (Fsp3) is 0.321. The summed E-state index contributed by atoms with van der Waals surface area (Å²) in [6, 6.07) is 19.3. The van der Waals surface area contributed by atoms with Crippen molar-refractivity contribution in [2.75, 3.05) is 11.9 Å². The summed E-state index contributed by atoms with van der Waals surface area (Å²) in [7, 11) is 0. The predicted octanol–water partition coefficient (Wildman–Crippen LogP) is 8.24. The van der Waals surface area contributed by atoms with Gasteiger partial charge in [-0.05, 0) is 60.2 Å². The second kappa shape index (κ2) is 8.82. The number of carbonyl (C=O) groups excluding carboxylic acids is 1. The van der Waals surface area contributed by atoms with Crippen LogP contribution in [-0.2, 0) is 11.7 Å². The van der Waals surface area contributed by atoms with Crippen molar-refractivity contribution in [3.05, 3.63) is 90.0 Å². The van der Waals surface area contributed by atoms with E-state index in [0.717, 1.165) is 29.3 Å². The zero-order valence-electron chi connectivity index (χ0n) is 19.7. The number of benzene rings is 3. The van der Waals surface area contributed by atoms with Gasteiger partial charge in [-0.3, -0.25) is 0 Å². The molecule has 1 saturated heterocycles. The highest BCUT2D eigenvalue weighted by Gasteiger charge is 2.69. The number of carbonyl (C=O) groups is 1. The molecule has 2 fully saturated rings. The van der Waals surface area contributed by atoms with Crippen molar-refractivity contribution in [1.29, 1.82) is 0 Å². The van der Waals surface area contributed by atoms with Gasteiger partial charge in [0.05, 0.1) is 17.5 Å². The molecule has 1 aliphatic carbocycles. The third-order valence-electron chi connectivity index (χ3n) is 7.60. The molecule has 37 heavy (non-hydrogen) atoms. The number of alkyl halides is 6. The van der Waals surface area contributed by atoms with Crippen molar-refractivity contribution in [2.24, 2.45) is 5.41 Å². The van der Waals surface area contributed by atoms with Crippen LogP contribution in [0.3, 0.4) is 0 Å². The van der Waals surface area contributed by atoms with Crippen molar-refractivity contribution in [1.82, 2.24) is 4.90 Å². The van der Waals surface area contributed by atoms with Crippen molar-refractivity contribution in [3.8, 4) is 11.1 Å². The molecule has 0 radical (unpaired) electrons. The molecule has 0 unspecified atom stereocenters. The van der Waals surface area contributed by atoms with Crippen LogP contribution in [0.1, 0.15) is 36.8 Å². The zero-order chi connectivity index (χ0) is 26.5. The summed E-state index contributed by atoms with van der Waals surface area (Å²) in [6.07, 6.45) is -9.00. The highest BCUT2D eigenvalue weighted by Crippen LogP contribution is 2.69. The average molecular weight is 519 g/mol. The Balaban J connectivity index is 1.58. The van der Waals surface area contributed by atoms with Gasteiger partial charge in [0, 0.05) is 17.6 Å². The van der Waals surface area contributed by atoms with E-state index in [9.17, 15) is 31.1 Å². The van der Waals surface area contributed by atoms with E-state index in [2.05, 4.69) is 5.32 Å². The molecule has 2 aliphatic rings. The Bertz CT molecular complexity index is 1300. The van der Waals surface area contributed by atoms with E-state index >= 15 is 0 Å². The lowest BCUT2D eigenvalue weighted by Crippen LogP contribution is -2.53. The van der Waals surface area contributed by atoms with Crippen LogP contribution in [0.25, 0.3) is 11.1 Å². The van der Waals surface area contributed by atoms with E-state index in [1.54, 1.807) is 18.2 Å². The van der Waals surface area contributed by atoms with Gasteiger partial charge >= 0.3 is 18.4 Å². The van der Waals surface area contributed by atoms with Gasteiger partial charge in [-0.25, -0.2) is 4.79 Å². The number of nitrogens with one attached hydrogen (secondary N) is 1. The summed E-state index contributed by atoms with van der Waals surface area (Å²) in [6.45, 7) is 0.0659. The molecule has 194 valence electrons. The first-order valence-corrected chi connectivity index (χ1v) is 11.9. The molecule has 3 nitrogen and oxygen atoms in total. The molecule has 1 aliphatic heterocycles. The lowest BCUT2D eigenvalue weighted by Gasteiger charge is -2.44. The third-order valence-corrected chi connectivity index (χ3v) is 7.60. The minimum absolute atomic E-state index is 0.0659. The van der Waals surface area contributed by atoms with Gasteiger partial charge in [0.1, 0.15) is 0 Å². The summed E-state index contributed by atoms with van der Waals surface area (Å²) < 4.78 is 82.1. The molecule has 3 aromatic rings. The highest BCUT2D eigenvalue weighted by molar-refractivity contribution is 5.90. The van der Waals surface area contributed by atoms with E-state index in [-0.39, 0.29) is 12.2 Å². The minimum Gasteiger partial charge on any atom is -0.314 e. The normalized spacial score (nSPS) is 20.8. The summed E-state index contributed by atoms with van der Waals surface area (Å²) in [5.74, 6) is 0. The second-order valence-electron chi connectivity index (χ2n) is 9.79. The molecule has 9 heteroatoms. The minimum atomic E-state index is -4.62. The number of rotatable bonds is 4. The zero-order valence-corrected chi connectivity index (χ0v) is 19.7. The van der Waals surface area contributed by atoms with Crippen LogP contribution in [0.2, 0.25) is 0 Å². The molecule has 1 heterocycles. The fourth-order valence-corrected chi connectivity index (χ4v) is 5.79. The highest BCUT2D eigenvalue weighted by atomic mass is 19.4. The summed E-state index contributed by atoms with van der Waals surface area (Å²) in [5.41, 5.74) is -1.58. The molecule has 1 atom stereocenters. The molecule has 1 saturated carbocycles. The van der Waals surface area contributed by atoms with Crippen molar-refractivity contribution >= 4 is 11.7 Å². The molecular weight excluding hydrogens is 494 g/mol. The molecule has 0 aromatic heterocycles. The third kappa shape index (κ3) is 4.67. The number of hydrogen-bond acceptors (Lipinski definition) is 1. The molecule has 1 spiro atoms. The number of halogens is 6. The first-order valence-electron chi connectivity index (χ1n) is 11.9. The molecule has 1 N–H and O–H groups in total. The van der Waals surface area contributed by atoms with Gasteiger partial charge in [0.25, 0.3) is 0 Å². The van der Waals surface area contributed by atoms with Crippen molar-refractivity contribution in [3.63, 3.8) is 0 Å². The van der Waals surface area contributed by atoms with Crippen molar-refractivity contribution < 1.29 is 31.1 Å². The van der Waals surface area contributed by atoms with Crippen LogP contribution in [0.5, 0.6) is 0 Å². The molecular formula is C28H24F6N2O. The maximum absolute atomic E-state index is 14.2. The quantitative estimate of drug-likeness (QED) is 0.347. The Morgan fingerprint density at radius 3 is 2.14 bits per heavy atom.